The van der Waals surface area contributed by atoms with Crippen LogP contribution in [0, 0.1) is 6.92 Å². The molecular weight excluding hydrogens is 460 g/mol. The normalized spacial score (nSPS) is 15.3. The number of aryl methyl sites for hydroxylation is 2. The van der Waals surface area contributed by atoms with Crippen molar-refractivity contribution in [2.24, 2.45) is 5.10 Å². The summed E-state index contributed by atoms with van der Waals surface area (Å²) in [4.78, 5) is 14.3. The number of aromatic nitrogens is 2. The maximum atomic E-state index is 13.2. The third kappa shape index (κ3) is 5.17. The summed E-state index contributed by atoms with van der Waals surface area (Å²) in [5.41, 5.74) is 3.97. The van der Waals surface area contributed by atoms with E-state index in [-0.39, 0.29) is 18.6 Å². The van der Waals surface area contributed by atoms with Crippen LogP contribution in [0.15, 0.2) is 75.6 Å². The highest BCUT2D eigenvalue weighted by molar-refractivity contribution is 7.12. The fraction of sp³-hybridized carbons (Fsp3) is 0.259. The number of thiophene rings is 1. The molecule has 7 nitrogen and oxygen atoms in total. The predicted molar refractivity (Wildman–Crippen MR) is 135 cm³/mol. The second-order valence-corrected chi connectivity index (χ2v) is 9.40. The number of nitrogens with zero attached hydrogens (tertiary/aromatic N) is 4. The smallest absolute Gasteiger partial charge is 0.281 e. The first-order valence-electron chi connectivity index (χ1n) is 11.7. The molecular formula is C27H26N4O3S. The standard InChI is InChI=1S/C27H26N4O3S/c1-3-5-25-28-29-27(34-25)20-11-13-21(14-12-20)33-17-26(32)31-23(19-9-7-18(2)8-10-19)16-22(30-31)24-6-4-15-35-24/h4,6-15,23H,3,5,16-17H2,1-2H3. The number of amides is 1. The Hall–Kier alpha value is -3.78. The zero-order valence-corrected chi connectivity index (χ0v) is 20.5. The SMILES string of the molecule is CCCc1nnc(-c2ccc(OCC(=O)N3N=C(c4cccs4)CC3c3ccc(C)cc3)cc2)o1. The minimum absolute atomic E-state index is 0.107. The minimum atomic E-state index is -0.188. The quantitative estimate of drug-likeness (QED) is 0.314. The van der Waals surface area contributed by atoms with E-state index >= 15 is 0 Å². The highest BCUT2D eigenvalue weighted by Crippen LogP contribution is 2.34. The molecule has 5 rings (SSSR count). The number of rotatable bonds is 8. The lowest BCUT2D eigenvalue weighted by Gasteiger charge is -2.22. The number of benzene rings is 2. The second-order valence-electron chi connectivity index (χ2n) is 8.46. The van der Waals surface area contributed by atoms with Crippen molar-refractivity contribution >= 4 is 23.0 Å². The van der Waals surface area contributed by atoms with Crippen LogP contribution in [0.4, 0.5) is 0 Å². The zero-order chi connectivity index (χ0) is 24.2. The minimum Gasteiger partial charge on any atom is -0.484 e. The Morgan fingerprint density at radius 3 is 2.63 bits per heavy atom. The molecule has 1 atom stereocenters. The largest absolute Gasteiger partial charge is 0.484 e. The average molecular weight is 487 g/mol. The third-order valence-electron chi connectivity index (χ3n) is 5.83. The lowest BCUT2D eigenvalue weighted by molar-refractivity contribution is -0.135. The molecule has 0 N–H and O–H groups in total. The highest BCUT2D eigenvalue weighted by atomic mass is 32.1. The number of hydrogen-bond donors (Lipinski definition) is 0. The van der Waals surface area contributed by atoms with Crippen LogP contribution in [0.5, 0.6) is 5.75 Å². The maximum absolute atomic E-state index is 13.2. The van der Waals surface area contributed by atoms with Gasteiger partial charge in [-0.2, -0.15) is 5.10 Å². The van der Waals surface area contributed by atoms with E-state index < -0.39 is 0 Å². The Kier molecular flexibility index (Phi) is 6.72. The molecule has 2 aromatic carbocycles. The van der Waals surface area contributed by atoms with Gasteiger partial charge in [-0.05, 0) is 54.6 Å². The van der Waals surface area contributed by atoms with Gasteiger partial charge in [0, 0.05) is 18.4 Å². The molecule has 0 radical (unpaired) electrons. The molecule has 2 aromatic heterocycles. The van der Waals surface area contributed by atoms with Crippen LogP contribution in [-0.2, 0) is 11.2 Å². The van der Waals surface area contributed by atoms with Crippen LogP contribution in [0.25, 0.3) is 11.5 Å². The van der Waals surface area contributed by atoms with E-state index in [4.69, 9.17) is 14.3 Å². The molecule has 1 aliphatic heterocycles. The molecule has 0 spiro atoms. The average Bonchev–Trinajstić information content (AvgIpc) is 3.64. The number of carbonyl (C=O) groups excluding carboxylic acids is 1. The molecule has 178 valence electrons. The van der Waals surface area contributed by atoms with Gasteiger partial charge in [-0.15, -0.1) is 21.5 Å². The molecule has 8 heteroatoms. The van der Waals surface area contributed by atoms with Crippen LogP contribution >= 0.6 is 11.3 Å². The Balaban J connectivity index is 1.28. The fourth-order valence-corrected chi connectivity index (χ4v) is 4.69. The van der Waals surface area contributed by atoms with Crippen molar-refractivity contribution in [3.63, 3.8) is 0 Å². The summed E-state index contributed by atoms with van der Waals surface area (Å²) in [6.45, 7) is 4.01. The van der Waals surface area contributed by atoms with Gasteiger partial charge in [0.15, 0.2) is 6.61 Å². The van der Waals surface area contributed by atoms with Gasteiger partial charge in [0.25, 0.3) is 5.91 Å². The van der Waals surface area contributed by atoms with Crippen molar-refractivity contribution in [2.45, 2.75) is 39.2 Å². The zero-order valence-electron chi connectivity index (χ0n) is 19.7. The first kappa shape index (κ1) is 23.0. The van der Waals surface area contributed by atoms with Crippen LogP contribution in [0.1, 0.15) is 47.7 Å². The lowest BCUT2D eigenvalue weighted by atomic mass is 10.00. The first-order chi connectivity index (χ1) is 17.1. The first-order valence-corrected chi connectivity index (χ1v) is 12.5. The van der Waals surface area contributed by atoms with Gasteiger partial charge < -0.3 is 9.15 Å². The summed E-state index contributed by atoms with van der Waals surface area (Å²) >= 11 is 1.63. The Morgan fingerprint density at radius 1 is 1.11 bits per heavy atom. The summed E-state index contributed by atoms with van der Waals surface area (Å²) < 4.78 is 11.5. The summed E-state index contributed by atoms with van der Waals surface area (Å²) in [7, 11) is 0. The Bertz CT molecular complexity index is 1310. The molecule has 1 aliphatic rings. The van der Waals surface area contributed by atoms with Gasteiger partial charge in [0.2, 0.25) is 11.8 Å². The monoisotopic (exact) mass is 486 g/mol. The summed E-state index contributed by atoms with van der Waals surface area (Å²) in [6.07, 6.45) is 2.38. The van der Waals surface area contributed by atoms with Crippen molar-refractivity contribution in [3.8, 4) is 17.2 Å². The molecule has 0 saturated heterocycles. The van der Waals surface area contributed by atoms with E-state index in [9.17, 15) is 4.79 Å². The third-order valence-corrected chi connectivity index (χ3v) is 6.75. The molecule has 0 saturated carbocycles. The topological polar surface area (TPSA) is 80.8 Å². The Labute approximate surface area is 208 Å². The van der Waals surface area contributed by atoms with E-state index in [2.05, 4.69) is 48.3 Å². The molecule has 1 unspecified atom stereocenters. The number of ether oxygens (including phenoxy) is 1. The van der Waals surface area contributed by atoms with E-state index in [0.717, 1.165) is 34.6 Å². The van der Waals surface area contributed by atoms with E-state index in [1.165, 1.54) is 5.56 Å². The van der Waals surface area contributed by atoms with Crippen molar-refractivity contribution in [2.75, 3.05) is 6.61 Å². The van der Waals surface area contributed by atoms with Crippen LogP contribution in [-0.4, -0.2) is 33.4 Å². The van der Waals surface area contributed by atoms with Gasteiger partial charge in [-0.3, -0.25) is 4.79 Å². The summed E-state index contributed by atoms with van der Waals surface area (Å²) in [6, 6.07) is 19.4. The number of carbonyl (C=O) groups is 1. The van der Waals surface area contributed by atoms with Crippen molar-refractivity contribution < 1.29 is 13.9 Å². The number of hydrogen-bond acceptors (Lipinski definition) is 7. The van der Waals surface area contributed by atoms with Crippen molar-refractivity contribution in [1.82, 2.24) is 15.2 Å². The van der Waals surface area contributed by atoms with Gasteiger partial charge in [-0.1, -0.05) is 42.8 Å². The van der Waals surface area contributed by atoms with Gasteiger partial charge in [0.05, 0.1) is 16.6 Å². The molecule has 0 aliphatic carbocycles. The van der Waals surface area contributed by atoms with E-state index in [0.29, 0.717) is 24.0 Å². The Morgan fingerprint density at radius 2 is 1.91 bits per heavy atom. The number of hydrazone groups is 1. The van der Waals surface area contributed by atoms with E-state index in [1.807, 2.05) is 29.6 Å². The van der Waals surface area contributed by atoms with Gasteiger partial charge in [-0.25, -0.2) is 5.01 Å². The molecule has 0 bridgehead atoms. The predicted octanol–water partition coefficient (Wildman–Crippen LogP) is 5.82. The summed E-state index contributed by atoms with van der Waals surface area (Å²) in [5.74, 6) is 1.51. The summed E-state index contributed by atoms with van der Waals surface area (Å²) in [5, 5.41) is 16.5. The van der Waals surface area contributed by atoms with Gasteiger partial charge >= 0.3 is 0 Å². The molecule has 1 amide bonds. The van der Waals surface area contributed by atoms with Crippen LogP contribution in [0.2, 0.25) is 0 Å². The van der Waals surface area contributed by atoms with Gasteiger partial charge in [0.1, 0.15) is 5.75 Å². The molecule has 4 aromatic rings. The lowest BCUT2D eigenvalue weighted by Crippen LogP contribution is -2.31. The molecule has 0 fully saturated rings. The van der Waals surface area contributed by atoms with Crippen molar-refractivity contribution in [3.05, 3.63) is 87.9 Å². The second kappa shape index (κ2) is 10.2. The van der Waals surface area contributed by atoms with Crippen LogP contribution < -0.4 is 4.74 Å². The van der Waals surface area contributed by atoms with Crippen LogP contribution in [0.3, 0.4) is 0 Å². The van der Waals surface area contributed by atoms with Crippen molar-refractivity contribution in [1.29, 1.82) is 0 Å². The maximum Gasteiger partial charge on any atom is 0.281 e. The highest BCUT2D eigenvalue weighted by Gasteiger charge is 2.33. The molecule has 35 heavy (non-hydrogen) atoms. The molecule has 3 heterocycles. The van der Waals surface area contributed by atoms with E-state index in [1.54, 1.807) is 28.5 Å². The fourth-order valence-electron chi connectivity index (χ4n) is 3.97.